The number of carboxylic acids is 1. The second kappa shape index (κ2) is 8.30. The molecule has 2 N–H and O–H groups in total. The summed E-state index contributed by atoms with van der Waals surface area (Å²) >= 11 is 6.21. The summed E-state index contributed by atoms with van der Waals surface area (Å²) in [6.07, 6.45) is 0. The molecule has 0 aliphatic heterocycles. The summed E-state index contributed by atoms with van der Waals surface area (Å²) < 4.78 is 12.3. The monoisotopic (exact) mass is 478 g/mol. The number of H-pyrrole nitrogens is 1. The summed E-state index contributed by atoms with van der Waals surface area (Å²) in [5.41, 5.74) is 5.07. The lowest BCUT2D eigenvalue weighted by molar-refractivity contribution is 0.0703. The quantitative estimate of drug-likeness (QED) is 0.309. The van der Waals surface area contributed by atoms with Gasteiger partial charge in [0.05, 0.1) is 19.2 Å². The number of imidazole rings is 1. The molecule has 0 radical (unpaired) electrons. The van der Waals surface area contributed by atoms with Gasteiger partial charge in [0.2, 0.25) is 0 Å². The molecule has 0 saturated carbocycles. The molecule has 0 atom stereocenters. The van der Waals surface area contributed by atoms with Crippen molar-refractivity contribution in [3.63, 3.8) is 0 Å². The predicted molar refractivity (Wildman–Crippen MR) is 128 cm³/mol. The van der Waals surface area contributed by atoms with E-state index in [1.807, 2.05) is 55.5 Å². The van der Waals surface area contributed by atoms with Crippen molar-refractivity contribution < 1.29 is 19.2 Å². The topological polar surface area (TPSA) is 106 Å². The Morgan fingerprint density at radius 2 is 1.91 bits per heavy atom. The zero-order valence-electron chi connectivity index (χ0n) is 17.7. The largest absolute Gasteiger partial charge is 0.477 e. The number of hydrogen-bond donors (Lipinski definition) is 2. The predicted octanol–water partition coefficient (Wildman–Crippen LogP) is 5.54. The van der Waals surface area contributed by atoms with E-state index in [-0.39, 0.29) is 9.71 Å². The van der Waals surface area contributed by atoms with Gasteiger partial charge < -0.3 is 14.4 Å². The number of methoxy groups -OCH3 is 1. The lowest BCUT2D eigenvalue weighted by atomic mass is 9.98. The van der Waals surface area contributed by atoms with Crippen LogP contribution in [-0.2, 0) is 6.54 Å². The van der Waals surface area contributed by atoms with E-state index >= 15 is 0 Å². The number of benzene rings is 2. The zero-order valence-corrected chi connectivity index (χ0v) is 19.3. The molecule has 0 saturated heterocycles. The Balaban J connectivity index is 1.52. The fraction of sp³-hybridized carbons (Fsp3) is 0.130. The van der Waals surface area contributed by atoms with E-state index in [2.05, 4.69) is 15.1 Å². The lowest BCUT2D eigenvalue weighted by Gasteiger charge is -2.11. The van der Waals surface area contributed by atoms with E-state index in [1.165, 1.54) is 18.4 Å². The first kappa shape index (κ1) is 21.1. The molecule has 0 spiro atoms. The Labute approximate surface area is 197 Å². The van der Waals surface area contributed by atoms with Crippen LogP contribution < -0.4 is 4.74 Å². The van der Waals surface area contributed by atoms with Crippen LogP contribution in [0.1, 0.15) is 20.1 Å². The van der Waals surface area contributed by atoms with E-state index in [1.54, 1.807) is 4.57 Å². The fourth-order valence-corrected chi connectivity index (χ4v) is 4.93. The van der Waals surface area contributed by atoms with E-state index < -0.39 is 5.97 Å². The van der Waals surface area contributed by atoms with E-state index in [0.717, 1.165) is 27.1 Å². The normalized spacial score (nSPS) is 11.2. The number of nitrogens with one attached hydrogen (secondary N) is 1. The van der Waals surface area contributed by atoms with Crippen molar-refractivity contribution in [2.45, 2.75) is 13.5 Å². The van der Waals surface area contributed by atoms with Crippen LogP contribution in [0.3, 0.4) is 0 Å². The highest BCUT2D eigenvalue weighted by molar-refractivity contribution is 7.71. The minimum absolute atomic E-state index is 0.153. The third-order valence-electron chi connectivity index (χ3n) is 5.34. The fourth-order valence-electron chi connectivity index (χ4n) is 3.86. The third-order valence-corrected chi connectivity index (χ3v) is 6.59. The van der Waals surface area contributed by atoms with Gasteiger partial charge in [-0.1, -0.05) is 48.5 Å². The summed E-state index contributed by atoms with van der Waals surface area (Å²) in [5, 5.41) is 12.4. The number of aryl methyl sites for hydroxylation is 1. The second-order valence-corrected chi connectivity index (χ2v) is 8.92. The molecule has 166 valence electrons. The van der Waals surface area contributed by atoms with Crippen LogP contribution in [-0.4, -0.2) is 37.9 Å². The third kappa shape index (κ3) is 3.73. The maximum absolute atomic E-state index is 11.8. The van der Waals surface area contributed by atoms with Gasteiger partial charge in [-0.05, 0) is 35.8 Å². The van der Waals surface area contributed by atoms with Crippen molar-refractivity contribution in [1.82, 2.24) is 19.7 Å². The summed E-state index contributed by atoms with van der Waals surface area (Å²) in [4.78, 5) is 21.8. The van der Waals surface area contributed by atoms with Gasteiger partial charge in [0.1, 0.15) is 10.4 Å². The number of aromatic nitrogens is 4. The van der Waals surface area contributed by atoms with Crippen LogP contribution in [0.4, 0.5) is 0 Å². The first-order valence-electron chi connectivity index (χ1n) is 9.97. The van der Waals surface area contributed by atoms with E-state index in [0.29, 0.717) is 29.4 Å². The van der Waals surface area contributed by atoms with Gasteiger partial charge in [0, 0.05) is 10.4 Å². The SMILES string of the molecule is COc1nc2c(C)sc(C(=O)O)c2n1Cc1ccc(-c2ccccc2-c2nc(=S)o[nH]2)cc1. The molecular weight excluding hydrogens is 460 g/mol. The number of hydrogen-bond acceptors (Lipinski definition) is 7. The molecule has 10 heteroatoms. The van der Waals surface area contributed by atoms with Crippen LogP contribution >= 0.6 is 23.6 Å². The highest BCUT2D eigenvalue weighted by Crippen LogP contribution is 2.35. The maximum atomic E-state index is 11.8. The number of nitrogens with zero attached hydrogens (tertiary/aromatic N) is 3. The summed E-state index contributed by atoms with van der Waals surface area (Å²) in [7, 11) is 1.53. The van der Waals surface area contributed by atoms with Crippen molar-refractivity contribution in [3.05, 3.63) is 68.7 Å². The Morgan fingerprint density at radius 3 is 2.55 bits per heavy atom. The molecule has 2 aromatic carbocycles. The van der Waals surface area contributed by atoms with Crippen molar-refractivity contribution in [2.24, 2.45) is 0 Å². The Kier molecular flexibility index (Phi) is 5.31. The van der Waals surface area contributed by atoms with Crippen molar-refractivity contribution in [1.29, 1.82) is 0 Å². The van der Waals surface area contributed by atoms with Crippen LogP contribution in [0.5, 0.6) is 6.01 Å². The molecule has 5 aromatic rings. The highest BCUT2D eigenvalue weighted by Gasteiger charge is 2.23. The zero-order chi connectivity index (χ0) is 23.1. The number of thiophene rings is 1. The Morgan fingerprint density at radius 1 is 1.18 bits per heavy atom. The molecule has 3 aromatic heterocycles. The summed E-state index contributed by atoms with van der Waals surface area (Å²) in [5.74, 6) is -0.403. The molecule has 8 nitrogen and oxygen atoms in total. The molecule has 3 heterocycles. The van der Waals surface area contributed by atoms with Gasteiger partial charge in [-0.2, -0.15) is 9.97 Å². The lowest BCUT2D eigenvalue weighted by Crippen LogP contribution is -2.05. The summed E-state index contributed by atoms with van der Waals surface area (Å²) in [6.45, 7) is 2.29. The first-order chi connectivity index (χ1) is 16.0. The number of aromatic amines is 1. The average molecular weight is 479 g/mol. The second-order valence-electron chi connectivity index (χ2n) is 7.35. The number of ether oxygens (including phenoxy) is 1. The van der Waals surface area contributed by atoms with Gasteiger partial charge >= 0.3 is 10.8 Å². The minimum Gasteiger partial charge on any atom is -0.477 e. The Hall–Kier alpha value is -3.76. The summed E-state index contributed by atoms with van der Waals surface area (Å²) in [6, 6.07) is 16.3. The molecule has 33 heavy (non-hydrogen) atoms. The molecule has 0 amide bonds. The molecule has 0 fully saturated rings. The van der Waals surface area contributed by atoms with Crippen LogP contribution in [0.15, 0.2) is 53.1 Å². The molecular formula is C23H18N4O4S2. The molecule has 0 bridgehead atoms. The first-order valence-corrected chi connectivity index (χ1v) is 11.2. The maximum Gasteiger partial charge on any atom is 0.348 e. The number of rotatable bonds is 6. The average Bonchev–Trinajstić information content (AvgIpc) is 3.50. The van der Waals surface area contributed by atoms with Gasteiger partial charge in [-0.15, -0.1) is 11.3 Å². The minimum atomic E-state index is -0.972. The van der Waals surface area contributed by atoms with Gasteiger partial charge in [-0.25, -0.2) is 9.95 Å². The van der Waals surface area contributed by atoms with Crippen molar-refractivity contribution in [2.75, 3.05) is 7.11 Å². The van der Waals surface area contributed by atoms with Crippen LogP contribution in [0.25, 0.3) is 33.5 Å². The molecule has 0 unspecified atom stereocenters. The molecule has 5 rings (SSSR count). The number of aromatic carboxylic acids is 1. The van der Waals surface area contributed by atoms with Gasteiger partial charge in [-0.3, -0.25) is 4.57 Å². The number of carboxylic acid groups (broad SMARTS) is 1. The Bertz CT molecular complexity index is 1540. The number of carbonyl (C=O) groups is 1. The standard InChI is InChI=1S/C23H18N4O4S2/c1-12-17-18(19(33-12)21(28)29)27(22(24-17)30-2)11-13-7-9-14(10-8-13)15-5-3-4-6-16(15)20-25-23(32)31-26-20/h3-10H,11H2,1-2H3,(H,28,29)(H,25,26,32). The van der Waals surface area contributed by atoms with Crippen LogP contribution in [0, 0.1) is 11.8 Å². The highest BCUT2D eigenvalue weighted by atomic mass is 32.1. The molecule has 0 aliphatic carbocycles. The van der Waals surface area contributed by atoms with Gasteiger partial charge in [0.25, 0.3) is 6.01 Å². The number of fused-ring (bicyclic) bond motifs is 1. The van der Waals surface area contributed by atoms with E-state index in [4.69, 9.17) is 21.5 Å². The molecule has 0 aliphatic rings. The van der Waals surface area contributed by atoms with Gasteiger partial charge in [0.15, 0.2) is 5.82 Å². The van der Waals surface area contributed by atoms with Crippen LogP contribution in [0.2, 0.25) is 0 Å². The van der Waals surface area contributed by atoms with Crippen molar-refractivity contribution >= 4 is 40.6 Å². The van der Waals surface area contributed by atoms with Crippen molar-refractivity contribution in [3.8, 4) is 28.5 Å². The smallest absolute Gasteiger partial charge is 0.348 e. The van der Waals surface area contributed by atoms with E-state index in [9.17, 15) is 9.90 Å².